The molecule has 0 saturated heterocycles. The first kappa shape index (κ1) is 73.7. The molecule has 77 heavy (non-hydrogen) atoms. The molecular formula is C68H121NO8. The van der Waals surface area contributed by atoms with Gasteiger partial charge in [0.1, 0.15) is 13.2 Å². The first-order chi connectivity index (χ1) is 37.6. The van der Waals surface area contributed by atoms with Gasteiger partial charge in [-0.2, -0.15) is 0 Å². The fourth-order valence-corrected chi connectivity index (χ4v) is 9.07. The van der Waals surface area contributed by atoms with Crippen LogP contribution in [0.1, 0.15) is 284 Å². The first-order valence-electron chi connectivity index (χ1n) is 32.1. The van der Waals surface area contributed by atoms with Crippen molar-refractivity contribution >= 4 is 17.9 Å². The van der Waals surface area contributed by atoms with Crippen LogP contribution in [0, 0.1) is 0 Å². The molecule has 0 amide bonds. The molecule has 9 nitrogen and oxygen atoms in total. The van der Waals surface area contributed by atoms with Gasteiger partial charge in [-0.3, -0.25) is 9.59 Å². The summed E-state index contributed by atoms with van der Waals surface area (Å²) in [6, 6.07) is 0. The molecule has 0 aliphatic heterocycles. The van der Waals surface area contributed by atoms with E-state index >= 15 is 0 Å². The van der Waals surface area contributed by atoms with Crippen molar-refractivity contribution in [1.29, 1.82) is 0 Å². The second-order valence-corrected chi connectivity index (χ2v) is 22.7. The molecule has 0 radical (unpaired) electrons. The Morgan fingerprint density at radius 3 is 1.10 bits per heavy atom. The zero-order chi connectivity index (χ0) is 56.2. The number of carboxylic acids is 1. The van der Waals surface area contributed by atoms with Crippen LogP contribution in [0.2, 0.25) is 0 Å². The molecule has 2 unspecified atom stereocenters. The summed E-state index contributed by atoms with van der Waals surface area (Å²) in [4.78, 5) is 37.4. The molecular weight excluding hydrogens is 959 g/mol. The predicted octanol–water partition coefficient (Wildman–Crippen LogP) is 18.0. The fraction of sp³-hybridized carbons (Fsp3) is 0.779. The number of rotatable bonds is 59. The highest BCUT2D eigenvalue weighted by molar-refractivity contribution is 5.70. The quantitative estimate of drug-likeness (QED) is 0.0195. The van der Waals surface area contributed by atoms with E-state index in [2.05, 4.69) is 86.8 Å². The van der Waals surface area contributed by atoms with E-state index in [4.69, 9.17) is 18.9 Å². The van der Waals surface area contributed by atoms with E-state index in [-0.39, 0.29) is 38.6 Å². The number of likely N-dealkylation sites (N-methyl/N-ethyl adjacent to an activating group) is 1. The fourth-order valence-electron chi connectivity index (χ4n) is 9.07. The Labute approximate surface area is 475 Å². The molecule has 0 spiro atoms. The molecule has 9 heteroatoms. The monoisotopic (exact) mass is 1080 g/mol. The predicted molar refractivity (Wildman–Crippen MR) is 325 cm³/mol. The average Bonchev–Trinajstić information content (AvgIpc) is 3.40. The number of quaternary nitrogens is 1. The summed E-state index contributed by atoms with van der Waals surface area (Å²) in [6.45, 7) is 4.65. The Morgan fingerprint density at radius 2 is 0.740 bits per heavy atom. The molecule has 0 aliphatic rings. The number of hydrogen-bond acceptors (Lipinski definition) is 8. The smallest absolute Gasteiger partial charge is 0.306 e. The van der Waals surface area contributed by atoms with Crippen LogP contribution in [-0.4, -0.2) is 82.3 Å². The minimum Gasteiger partial charge on any atom is -0.545 e. The summed E-state index contributed by atoms with van der Waals surface area (Å²) in [6.07, 6.45) is 73.9. The van der Waals surface area contributed by atoms with Crippen LogP contribution in [-0.2, 0) is 33.3 Å². The van der Waals surface area contributed by atoms with Crippen molar-refractivity contribution in [3.8, 4) is 0 Å². The number of hydrogen-bond donors (Lipinski definition) is 0. The topological polar surface area (TPSA) is 111 Å². The van der Waals surface area contributed by atoms with Crippen LogP contribution in [0.15, 0.2) is 72.9 Å². The third-order valence-electron chi connectivity index (χ3n) is 14.0. The molecule has 446 valence electrons. The van der Waals surface area contributed by atoms with Crippen LogP contribution in [0.25, 0.3) is 0 Å². The number of esters is 2. The Balaban J connectivity index is 4.20. The third-order valence-corrected chi connectivity index (χ3v) is 14.0. The van der Waals surface area contributed by atoms with Gasteiger partial charge in [0.2, 0.25) is 0 Å². The lowest BCUT2D eigenvalue weighted by molar-refractivity contribution is -0.870. The van der Waals surface area contributed by atoms with E-state index in [0.717, 1.165) is 96.3 Å². The zero-order valence-corrected chi connectivity index (χ0v) is 50.8. The Bertz CT molecular complexity index is 1490. The summed E-state index contributed by atoms with van der Waals surface area (Å²) in [5.74, 6) is -2.29. The van der Waals surface area contributed by atoms with Crippen molar-refractivity contribution in [2.24, 2.45) is 0 Å². The maximum absolute atomic E-state index is 12.9. The Morgan fingerprint density at radius 1 is 0.403 bits per heavy atom. The van der Waals surface area contributed by atoms with Gasteiger partial charge in [-0.05, 0) is 64.2 Å². The number of carbonyl (C=O) groups excluding carboxylic acids is 3. The van der Waals surface area contributed by atoms with E-state index in [1.54, 1.807) is 0 Å². The van der Waals surface area contributed by atoms with E-state index in [1.807, 2.05) is 21.1 Å². The highest BCUT2D eigenvalue weighted by Crippen LogP contribution is 2.17. The van der Waals surface area contributed by atoms with Crippen LogP contribution < -0.4 is 5.11 Å². The van der Waals surface area contributed by atoms with Crippen LogP contribution in [0.5, 0.6) is 0 Å². The second-order valence-electron chi connectivity index (χ2n) is 22.7. The molecule has 0 saturated carbocycles. The van der Waals surface area contributed by atoms with Crippen LogP contribution >= 0.6 is 0 Å². The highest BCUT2D eigenvalue weighted by Gasteiger charge is 2.22. The third kappa shape index (κ3) is 60.2. The van der Waals surface area contributed by atoms with Gasteiger partial charge in [-0.15, -0.1) is 0 Å². The van der Waals surface area contributed by atoms with Crippen molar-refractivity contribution in [3.05, 3.63) is 72.9 Å². The number of unbranched alkanes of at least 4 members (excludes halogenated alkanes) is 32. The number of allylic oxidation sites excluding steroid dienone is 12. The normalized spacial score (nSPS) is 13.2. The number of aliphatic carboxylic acids is 1. The number of nitrogens with zero attached hydrogens (tertiary/aromatic N) is 1. The standard InChI is InChI=1S/C68H121NO8/c1-6-8-10-12-14-16-18-20-22-24-26-28-30-32-33-35-36-38-40-42-44-46-48-50-52-54-56-58-65(70)75-62-64(63-76-68(67(72)73)74-61-60-69(3,4)5)77-66(71)59-57-55-53-51-49-47-45-43-41-39-37-34-31-29-27-25-23-21-19-17-15-13-11-9-7-2/h9,11,15,17,21,23,27,29,34,37,41,43,64,68H,6-8,10,12-14,16,18-20,22,24-26,28,30-33,35-36,38-40,42,44-63H2,1-5H3/b11-9-,17-15-,23-21-,29-27-,37-34-,43-41-. The SMILES string of the molecule is CC/C=C\C/C=C\C/C=C\C/C=C\C/C=C\C/C=C\CCCCCCCCC(=O)OC(COC(=O)CCCCCCCCCCCCCCCCCCCCCCCCCCCCC)COC(OCC[N+](C)(C)C)C(=O)[O-]. The molecule has 0 heterocycles. The highest BCUT2D eigenvalue weighted by atomic mass is 16.7. The number of ether oxygens (including phenoxy) is 4. The molecule has 0 aliphatic carbocycles. The van der Waals surface area contributed by atoms with E-state index in [1.165, 1.54) is 154 Å². The van der Waals surface area contributed by atoms with E-state index in [0.29, 0.717) is 17.4 Å². The molecule has 0 aromatic rings. The zero-order valence-electron chi connectivity index (χ0n) is 50.8. The van der Waals surface area contributed by atoms with Crippen molar-refractivity contribution in [1.82, 2.24) is 0 Å². The minimum absolute atomic E-state index is 0.143. The lowest BCUT2D eigenvalue weighted by atomic mass is 10.0. The van der Waals surface area contributed by atoms with Gasteiger partial charge in [-0.1, -0.05) is 279 Å². The largest absolute Gasteiger partial charge is 0.545 e. The van der Waals surface area contributed by atoms with Gasteiger partial charge in [0.05, 0.1) is 40.3 Å². The first-order valence-corrected chi connectivity index (χ1v) is 32.1. The van der Waals surface area contributed by atoms with Crippen molar-refractivity contribution in [2.45, 2.75) is 296 Å². The van der Waals surface area contributed by atoms with Gasteiger partial charge in [0, 0.05) is 12.8 Å². The summed E-state index contributed by atoms with van der Waals surface area (Å²) in [5.41, 5.74) is 0. The summed E-state index contributed by atoms with van der Waals surface area (Å²) < 4.78 is 22.7. The molecule has 0 N–H and O–H groups in total. The lowest BCUT2D eigenvalue weighted by Crippen LogP contribution is -2.44. The summed E-state index contributed by atoms with van der Waals surface area (Å²) in [5, 5.41) is 11.8. The van der Waals surface area contributed by atoms with Gasteiger partial charge in [0.25, 0.3) is 0 Å². The van der Waals surface area contributed by atoms with Crippen molar-refractivity contribution < 1.29 is 42.9 Å². The van der Waals surface area contributed by atoms with E-state index in [9.17, 15) is 19.5 Å². The number of carbonyl (C=O) groups is 3. The average molecular weight is 1080 g/mol. The second kappa shape index (κ2) is 58.9. The van der Waals surface area contributed by atoms with Crippen molar-refractivity contribution in [2.75, 3.05) is 47.5 Å². The maximum Gasteiger partial charge on any atom is 0.306 e. The molecule has 2 atom stereocenters. The van der Waals surface area contributed by atoms with E-state index < -0.39 is 24.3 Å². The lowest BCUT2D eigenvalue weighted by Gasteiger charge is -2.26. The Kier molecular flexibility index (Phi) is 56.4. The van der Waals surface area contributed by atoms with Gasteiger partial charge in [0.15, 0.2) is 12.4 Å². The summed E-state index contributed by atoms with van der Waals surface area (Å²) in [7, 11) is 5.92. The maximum atomic E-state index is 12.9. The van der Waals surface area contributed by atoms with Crippen LogP contribution in [0.4, 0.5) is 0 Å². The molecule has 0 fully saturated rings. The van der Waals surface area contributed by atoms with Crippen molar-refractivity contribution in [3.63, 3.8) is 0 Å². The molecule has 0 rings (SSSR count). The summed E-state index contributed by atoms with van der Waals surface area (Å²) >= 11 is 0. The minimum atomic E-state index is -1.63. The molecule has 0 aromatic heterocycles. The number of carboxylic acid groups (broad SMARTS) is 1. The van der Waals surface area contributed by atoms with Gasteiger partial charge in [-0.25, -0.2) is 0 Å². The van der Waals surface area contributed by atoms with Crippen LogP contribution in [0.3, 0.4) is 0 Å². The van der Waals surface area contributed by atoms with Gasteiger partial charge >= 0.3 is 11.9 Å². The molecule has 0 bridgehead atoms. The Hall–Kier alpha value is -3.27. The molecule has 0 aromatic carbocycles. The van der Waals surface area contributed by atoms with Gasteiger partial charge < -0.3 is 33.3 Å².